The molecule has 3 rings (SSSR count). The molecule has 0 aliphatic carbocycles. The van der Waals surface area contributed by atoms with E-state index in [2.05, 4.69) is 16.1 Å². The highest BCUT2D eigenvalue weighted by Crippen LogP contribution is 2.45. The van der Waals surface area contributed by atoms with E-state index in [1.54, 1.807) is 0 Å². The number of benzene rings is 2. The predicted octanol–water partition coefficient (Wildman–Crippen LogP) is 4.08. The maximum atomic E-state index is 12.1. The van der Waals surface area contributed by atoms with E-state index in [1.807, 2.05) is 72.1 Å². The zero-order valence-corrected chi connectivity index (χ0v) is 17.7. The molecule has 2 aromatic rings. The van der Waals surface area contributed by atoms with Crippen LogP contribution in [0.2, 0.25) is 0 Å². The third-order valence-corrected chi connectivity index (χ3v) is 8.16. The molecular weight excluding hydrogens is 412 g/mol. The second-order valence-electron chi connectivity index (χ2n) is 6.15. The molecule has 0 saturated carbocycles. The quantitative estimate of drug-likeness (QED) is 0.655. The summed E-state index contributed by atoms with van der Waals surface area (Å²) in [6.45, 7) is 0.0430. The van der Waals surface area contributed by atoms with Gasteiger partial charge in [0.1, 0.15) is 0 Å². The Hall–Kier alpha value is -1.74. The van der Waals surface area contributed by atoms with Crippen molar-refractivity contribution in [2.45, 2.75) is 11.0 Å². The number of thioether (sulfide) groups is 2. The van der Waals surface area contributed by atoms with Gasteiger partial charge in [0.15, 0.2) is 0 Å². The van der Waals surface area contributed by atoms with Gasteiger partial charge in [-0.2, -0.15) is 0 Å². The zero-order chi connectivity index (χ0) is 19.8. The molecule has 0 radical (unpaired) electrons. The first-order valence-corrected chi connectivity index (χ1v) is 12.5. The van der Waals surface area contributed by atoms with Crippen LogP contribution >= 0.6 is 23.5 Å². The summed E-state index contributed by atoms with van der Waals surface area (Å²) in [6.07, 6.45) is 1.59. The lowest BCUT2D eigenvalue weighted by Gasteiger charge is -2.11. The molecule has 1 aliphatic rings. The van der Waals surface area contributed by atoms with Crippen LogP contribution in [0, 0.1) is 0 Å². The number of carbonyl (C=O) groups excluding carboxylic acids is 1. The van der Waals surface area contributed by atoms with Crippen molar-refractivity contribution in [1.29, 1.82) is 0 Å². The number of amides is 1. The monoisotopic (exact) mass is 434 g/mol. The molecule has 0 unspecified atom stereocenters. The fourth-order valence-electron chi connectivity index (χ4n) is 2.62. The molecule has 0 spiro atoms. The second-order valence-corrected chi connectivity index (χ2v) is 10.5. The van der Waals surface area contributed by atoms with Gasteiger partial charge >= 0.3 is 0 Å². The van der Waals surface area contributed by atoms with Gasteiger partial charge in [-0.1, -0.05) is 42.5 Å². The summed E-state index contributed by atoms with van der Waals surface area (Å²) in [5, 5.41) is 3.95. The minimum absolute atomic E-state index is 0.0430. The van der Waals surface area contributed by atoms with E-state index in [0.717, 1.165) is 28.2 Å². The summed E-state index contributed by atoms with van der Waals surface area (Å²) in [7, 11) is -3.58. The van der Waals surface area contributed by atoms with Crippen molar-refractivity contribution in [2.24, 2.45) is 0 Å². The Bertz CT molecular complexity index is 925. The van der Waals surface area contributed by atoms with Crippen molar-refractivity contribution < 1.29 is 13.2 Å². The Balaban J connectivity index is 1.46. The first-order chi connectivity index (χ1) is 13.5. The number of anilines is 1. The maximum Gasteiger partial charge on any atom is 0.233 e. The molecule has 2 N–H and O–H groups in total. The molecule has 1 amide bonds. The van der Waals surface area contributed by atoms with Gasteiger partial charge in [-0.05, 0) is 29.3 Å². The highest BCUT2D eigenvalue weighted by Gasteiger charge is 2.18. The van der Waals surface area contributed by atoms with Crippen LogP contribution in [0.4, 0.5) is 5.69 Å². The first-order valence-electron chi connectivity index (χ1n) is 8.88. The molecule has 1 fully saturated rings. The van der Waals surface area contributed by atoms with Gasteiger partial charge in [-0.15, -0.1) is 23.5 Å². The summed E-state index contributed by atoms with van der Waals surface area (Å²) in [6, 6.07) is 17.0. The van der Waals surface area contributed by atoms with Crippen LogP contribution in [0.15, 0.2) is 60.0 Å². The molecule has 148 valence electrons. The van der Waals surface area contributed by atoms with Crippen LogP contribution < -0.4 is 10.0 Å². The summed E-state index contributed by atoms with van der Waals surface area (Å²) in [5.41, 5.74) is 2.73. The Morgan fingerprint density at radius 1 is 1.07 bits per heavy atom. The summed E-state index contributed by atoms with van der Waals surface area (Å²) >= 11 is 3.82. The molecule has 5 nitrogen and oxygen atoms in total. The Morgan fingerprint density at radius 2 is 1.82 bits per heavy atom. The fraction of sp³-hybridized carbons (Fsp3) is 0.250. The van der Waals surface area contributed by atoms with Crippen LogP contribution in [-0.4, -0.2) is 32.4 Å². The van der Waals surface area contributed by atoms with Gasteiger partial charge in [-0.25, -0.2) is 13.1 Å². The van der Waals surface area contributed by atoms with Crippen molar-refractivity contribution in [3.8, 4) is 0 Å². The van der Waals surface area contributed by atoms with Gasteiger partial charge in [0.05, 0.1) is 4.58 Å². The highest BCUT2D eigenvalue weighted by atomic mass is 32.2. The van der Waals surface area contributed by atoms with Gasteiger partial charge in [0.2, 0.25) is 15.9 Å². The van der Waals surface area contributed by atoms with E-state index >= 15 is 0 Å². The number of hydrogen-bond donors (Lipinski definition) is 2. The van der Waals surface area contributed by atoms with E-state index in [9.17, 15) is 13.2 Å². The van der Waals surface area contributed by atoms with Gasteiger partial charge in [-0.3, -0.25) is 4.79 Å². The van der Waals surface area contributed by atoms with Gasteiger partial charge in [0, 0.05) is 35.6 Å². The van der Waals surface area contributed by atoms with Crippen molar-refractivity contribution in [2.75, 3.05) is 23.4 Å². The average Bonchev–Trinajstić information content (AvgIpc) is 3.22. The van der Waals surface area contributed by atoms with E-state index in [1.165, 1.54) is 11.6 Å². The minimum Gasteiger partial charge on any atom is -0.326 e. The SMILES string of the molecule is O=C(CCNS(=O)(=O)/C=C/c1ccccc1)Nc1cccc(C2SCCS2)c1. The lowest BCUT2D eigenvalue weighted by molar-refractivity contribution is -0.116. The third-order valence-electron chi connectivity index (χ3n) is 3.96. The first kappa shape index (κ1) is 21.0. The second kappa shape index (κ2) is 10.2. The molecule has 1 aliphatic heterocycles. The number of sulfonamides is 1. The van der Waals surface area contributed by atoms with Crippen molar-refractivity contribution in [3.05, 3.63) is 71.1 Å². The molecule has 1 saturated heterocycles. The number of rotatable bonds is 8. The standard InChI is InChI=1S/C20H22N2O3S3/c23-19(22-18-8-4-7-17(15-18)20-26-12-13-27-20)9-11-21-28(24,25)14-10-16-5-2-1-3-6-16/h1-8,10,14-15,20-21H,9,11-13H2,(H,22,23)/b14-10+. The minimum atomic E-state index is -3.58. The maximum absolute atomic E-state index is 12.1. The van der Waals surface area contributed by atoms with Crippen molar-refractivity contribution >= 4 is 51.2 Å². The summed E-state index contributed by atoms with van der Waals surface area (Å²) in [4.78, 5) is 12.1. The van der Waals surface area contributed by atoms with Crippen LogP contribution in [0.1, 0.15) is 22.1 Å². The van der Waals surface area contributed by atoms with Crippen LogP contribution in [0.5, 0.6) is 0 Å². The zero-order valence-electron chi connectivity index (χ0n) is 15.2. The van der Waals surface area contributed by atoms with Gasteiger partial charge < -0.3 is 5.32 Å². The van der Waals surface area contributed by atoms with Gasteiger partial charge in [0.25, 0.3) is 0 Å². The molecule has 2 aromatic carbocycles. The molecule has 8 heteroatoms. The molecule has 0 bridgehead atoms. The number of nitrogens with one attached hydrogen (secondary N) is 2. The summed E-state index contributed by atoms with van der Waals surface area (Å²) < 4.78 is 26.8. The smallest absolute Gasteiger partial charge is 0.233 e. The Labute approximate surface area is 174 Å². The van der Waals surface area contributed by atoms with Crippen LogP contribution in [0.3, 0.4) is 0 Å². The fourth-order valence-corrected chi connectivity index (χ4v) is 6.28. The normalized spacial score (nSPS) is 15.1. The Kier molecular flexibility index (Phi) is 7.61. The third kappa shape index (κ3) is 6.70. The van der Waals surface area contributed by atoms with Crippen LogP contribution in [0.25, 0.3) is 6.08 Å². The average molecular weight is 435 g/mol. The molecular formula is C20H22N2O3S3. The lowest BCUT2D eigenvalue weighted by atomic mass is 10.2. The summed E-state index contributed by atoms with van der Waals surface area (Å²) in [5.74, 6) is 2.06. The predicted molar refractivity (Wildman–Crippen MR) is 120 cm³/mol. The van der Waals surface area contributed by atoms with E-state index in [-0.39, 0.29) is 18.9 Å². The van der Waals surface area contributed by atoms with E-state index < -0.39 is 10.0 Å². The molecule has 1 heterocycles. The van der Waals surface area contributed by atoms with E-state index in [0.29, 0.717) is 4.58 Å². The lowest BCUT2D eigenvalue weighted by Crippen LogP contribution is -2.26. The largest absolute Gasteiger partial charge is 0.326 e. The van der Waals surface area contributed by atoms with Crippen molar-refractivity contribution in [3.63, 3.8) is 0 Å². The number of hydrogen-bond acceptors (Lipinski definition) is 5. The van der Waals surface area contributed by atoms with E-state index in [4.69, 9.17) is 0 Å². The molecule has 28 heavy (non-hydrogen) atoms. The van der Waals surface area contributed by atoms with Crippen molar-refractivity contribution in [1.82, 2.24) is 4.72 Å². The number of carbonyl (C=O) groups is 1. The highest BCUT2D eigenvalue weighted by molar-refractivity contribution is 8.19. The molecule has 0 aromatic heterocycles. The Morgan fingerprint density at radius 3 is 2.57 bits per heavy atom. The molecule has 0 atom stereocenters. The van der Waals surface area contributed by atoms with Crippen LogP contribution in [-0.2, 0) is 14.8 Å². The topological polar surface area (TPSA) is 75.3 Å².